The molecule has 134 valence electrons. The van der Waals surface area contributed by atoms with Gasteiger partial charge in [0.05, 0.1) is 27.3 Å². The Balaban J connectivity index is 2.03. The number of non-ortho nitro benzene ring substituents is 2. The van der Waals surface area contributed by atoms with Gasteiger partial charge in [0.15, 0.2) is 0 Å². The average molecular weight is 361 g/mol. The van der Waals surface area contributed by atoms with Crippen molar-refractivity contribution >= 4 is 28.7 Å². The smallest absolute Gasteiger partial charge is 0.292 e. The fraction of sp³-hybridized carbons (Fsp3) is 0.0714. The highest BCUT2D eigenvalue weighted by molar-refractivity contribution is 5.80. The highest BCUT2D eigenvalue weighted by atomic mass is 16.6. The molecule has 2 N–H and O–H groups in total. The number of nitro groups is 3. The van der Waals surface area contributed by atoms with Crippen LogP contribution in [0.1, 0.15) is 5.56 Å². The van der Waals surface area contributed by atoms with Crippen LogP contribution in [0.25, 0.3) is 0 Å². The van der Waals surface area contributed by atoms with Crippen LogP contribution in [0, 0.1) is 30.3 Å². The fourth-order valence-corrected chi connectivity index (χ4v) is 1.99. The van der Waals surface area contributed by atoms with Gasteiger partial charge in [0.25, 0.3) is 11.4 Å². The van der Waals surface area contributed by atoms with E-state index >= 15 is 0 Å². The molecule has 0 aromatic heterocycles. The maximum atomic E-state index is 11.9. The van der Waals surface area contributed by atoms with Crippen LogP contribution in [0.2, 0.25) is 0 Å². The fourth-order valence-electron chi connectivity index (χ4n) is 1.99. The van der Waals surface area contributed by atoms with E-state index in [4.69, 9.17) is 0 Å². The number of carbonyl (C=O) groups excluding carboxylic acids is 1. The standard InChI is InChI=1S/C14H11N5O7/c20-14(7-9-1-3-10(4-2-9)17(21)22)16-15-12-6-5-11(18(23)24)8-13(12)19(25)26/h1-6,8,15H,7H2,(H,16,20). The summed E-state index contributed by atoms with van der Waals surface area (Å²) in [5, 5.41) is 32.2. The Bertz CT molecular complexity index is 882. The molecule has 0 heterocycles. The van der Waals surface area contributed by atoms with Crippen molar-refractivity contribution in [3.8, 4) is 0 Å². The lowest BCUT2D eigenvalue weighted by Crippen LogP contribution is -2.31. The van der Waals surface area contributed by atoms with Gasteiger partial charge in [0, 0.05) is 18.2 Å². The highest BCUT2D eigenvalue weighted by Crippen LogP contribution is 2.28. The topological polar surface area (TPSA) is 171 Å². The van der Waals surface area contributed by atoms with Gasteiger partial charge >= 0.3 is 5.69 Å². The van der Waals surface area contributed by atoms with E-state index in [9.17, 15) is 35.1 Å². The van der Waals surface area contributed by atoms with E-state index in [1.54, 1.807) is 0 Å². The third-order valence-electron chi connectivity index (χ3n) is 3.24. The highest BCUT2D eigenvalue weighted by Gasteiger charge is 2.19. The molecular formula is C14H11N5O7. The second-order valence-electron chi connectivity index (χ2n) is 4.99. The predicted octanol–water partition coefficient (Wildman–Crippen LogP) is 2.10. The van der Waals surface area contributed by atoms with E-state index < -0.39 is 32.1 Å². The Hall–Kier alpha value is -4.09. The zero-order chi connectivity index (χ0) is 19.3. The number of nitro benzene ring substituents is 3. The number of carbonyl (C=O) groups is 1. The monoisotopic (exact) mass is 361 g/mol. The Morgan fingerprint density at radius 1 is 0.846 bits per heavy atom. The van der Waals surface area contributed by atoms with E-state index in [1.165, 1.54) is 24.3 Å². The molecule has 0 saturated carbocycles. The van der Waals surface area contributed by atoms with Gasteiger partial charge in [-0.15, -0.1) is 0 Å². The summed E-state index contributed by atoms with van der Waals surface area (Å²) in [6.07, 6.45) is -0.133. The Kier molecular flexibility index (Phi) is 5.37. The molecule has 0 unspecified atom stereocenters. The summed E-state index contributed by atoms with van der Waals surface area (Å²) in [5.74, 6) is -0.563. The molecule has 0 aliphatic heterocycles. The maximum absolute atomic E-state index is 11.9. The first kappa shape index (κ1) is 18.3. The maximum Gasteiger partial charge on any atom is 0.300 e. The van der Waals surface area contributed by atoms with Crippen LogP contribution in [0.4, 0.5) is 22.7 Å². The lowest BCUT2D eigenvalue weighted by Gasteiger charge is -2.09. The zero-order valence-corrected chi connectivity index (χ0v) is 12.9. The number of hydrogen-bond acceptors (Lipinski definition) is 8. The van der Waals surface area contributed by atoms with Crippen molar-refractivity contribution in [1.29, 1.82) is 0 Å². The summed E-state index contributed by atoms with van der Waals surface area (Å²) in [7, 11) is 0. The lowest BCUT2D eigenvalue weighted by molar-refractivity contribution is -0.393. The van der Waals surface area contributed by atoms with E-state index in [2.05, 4.69) is 10.9 Å². The van der Waals surface area contributed by atoms with Crippen LogP contribution in [0.5, 0.6) is 0 Å². The third-order valence-corrected chi connectivity index (χ3v) is 3.24. The number of nitrogens with one attached hydrogen (secondary N) is 2. The number of anilines is 1. The molecule has 2 aromatic rings. The molecule has 12 heteroatoms. The lowest BCUT2D eigenvalue weighted by atomic mass is 10.1. The van der Waals surface area contributed by atoms with E-state index in [-0.39, 0.29) is 17.8 Å². The van der Waals surface area contributed by atoms with Crippen molar-refractivity contribution < 1.29 is 19.6 Å². The molecule has 0 bridgehead atoms. The van der Waals surface area contributed by atoms with Crippen LogP contribution in [-0.4, -0.2) is 20.7 Å². The van der Waals surface area contributed by atoms with E-state index in [1.807, 2.05) is 0 Å². The Labute approximate surface area is 144 Å². The minimum absolute atomic E-state index is 0.117. The van der Waals surface area contributed by atoms with E-state index in [0.29, 0.717) is 5.56 Å². The number of rotatable bonds is 7. The second-order valence-corrected chi connectivity index (χ2v) is 4.99. The third kappa shape index (κ3) is 4.47. The number of hydrazine groups is 1. The number of hydrogen-bond donors (Lipinski definition) is 2. The molecule has 1 amide bonds. The first-order valence-electron chi connectivity index (χ1n) is 6.99. The average Bonchev–Trinajstić information content (AvgIpc) is 2.60. The van der Waals surface area contributed by atoms with Crippen molar-refractivity contribution in [3.63, 3.8) is 0 Å². The van der Waals surface area contributed by atoms with Crippen LogP contribution >= 0.6 is 0 Å². The molecule has 2 rings (SSSR count). The van der Waals surface area contributed by atoms with Crippen LogP contribution in [-0.2, 0) is 11.2 Å². The summed E-state index contributed by atoms with van der Waals surface area (Å²) in [4.78, 5) is 41.9. The molecule has 0 aliphatic carbocycles. The Morgan fingerprint density at radius 3 is 1.96 bits per heavy atom. The molecular weight excluding hydrogens is 350 g/mol. The summed E-state index contributed by atoms with van der Waals surface area (Å²) in [6, 6.07) is 8.23. The molecule has 0 atom stereocenters. The van der Waals surface area contributed by atoms with E-state index in [0.717, 1.165) is 18.2 Å². The molecule has 0 spiro atoms. The summed E-state index contributed by atoms with van der Waals surface area (Å²) in [6.45, 7) is 0. The zero-order valence-electron chi connectivity index (χ0n) is 12.9. The number of benzene rings is 2. The van der Waals surface area contributed by atoms with Gasteiger partial charge in [-0.05, 0) is 11.6 Å². The molecule has 26 heavy (non-hydrogen) atoms. The van der Waals surface area contributed by atoms with Gasteiger partial charge in [-0.25, -0.2) is 0 Å². The molecule has 0 aliphatic rings. The number of amides is 1. The SMILES string of the molecule is O=C(Cc1ccc([N+](=O)[O-])cc1)NNc1ccc([N+](=O)[O-])cc1[N+](=O)[O-]. The first-order chi connectivity index (χ1) is 12.3. The van der Waals surface area contributed by atoms with Crippen molar-refractivity contribution in [3.05, 3.63) is 78.4 Å². The molecule has 2 aromatic carbocycles. The molecule has 0 saturated heterocycles. The molecule has 12 nitrogen and oxygen atoms in total. The quantitative estimate of drug-likeness (QED) is 0.557. The van der Waals surface area contributed by atoms with Gasteiger partial charge in [-0.3, -0.25) is 46.0 Å². The predicted molar refractivity (Wildman–Crippen MR) is 88.3 cm³/mol. The summed E-state index contributed by atoms with van der Waals surface area (Å²) < 4.78 is 0. The van der Waals surface area contributed by atoms with Crippen LogP contribution in [0.15, 0.2) is 42.5 Å². The van der Waals surface area contributed by atoms with Gasteiger partial charge in [0.1, 0.15) is 5.69 Å². The summed E-state index contributed by atoms with van der Waals surface area (Å²) >= 11 is 0. The minimum Gasteiger partial charge on any atom is -0.292 e. The largest absolute Gasteiger partial charge is 0.300 e. The minimum atomic E-state index is -0.822. The number of nitrogens with zero attached hydrogens (tertiary/aromatic N) is 3. The molecule has 0 fully saturated rings. The second kappa shape index (κ2) is 7.65. The summed E-state index contributed by atoms with van der Waals surface area (Å²) in [5.41, 5.74) is 3.79. The molecule has 0 radical (unpaired) electrons. The first-order valence-corrected chi connectivity index (χ1v) is 6.99. The van der Waals surface area contributed by atoms with Gasteiger partial charge in [-0.1, -0.05) is 12.1 Å². The van der Waals surface area contributed by atoms with Crippen LogP contribution in [0.3, 0.4) is 0 Å². The van der Waals surface area contributed by atoms with Gasteiger partial charge in [0.2, 0.25) is 5.91 Å². The van der Waals surface area contributed by atoms with Crippen molar-refractivity contribution in [2.45, 2.75) is 6.42 Å². The van der Waals surface area contributed by atoms with Crippen LogP contribution < -0.4 is 10.9 Å². The van der Waals surface area contributed by atoms with Gasteiger partial charge < -0.3 is 0 Å². The van der Waals surface area contributed by atoms with Crippen molar-refractivity contribution in [2.75, 3.05) is 5.43 Å². The normalized spacial score (nSPS) is 10.0. The van der Waals surface area contributed by atoms with Gasteiger partial charge in [-0.2, -0.15) is 0 Å². The van der Waals surface area contributed by atoms with Crippen molar-refractivity contribution in [1.82, 2.24) is 5.43 Å². The van der Waals surface area contributed by atoms with Crippen molar-refractivity contribution in [2.24, 2.45) is 0 Å². The Morgan fingerprint density at radius 2 is 1.42 bits per heavy atom.